The van der Waals surface area contributed by atoms with Crippen LogP contribution in [-0.2, 0) is 11.3 Å². The molecule has 0 aliphatic heterocycles. The largest absolute Gasteiger partial charge is 0.493 e. The second kappa shape index (κ2) is 10.1. The second-order valence-corrected chi connectivity index (χ2v) is 7.43. The number of hydrogen-bond acceptors (Lipinski definition) is 5. The van der Waals surface area contributed by atoms with Gasteiger partial charge in [-0.25, -0.2) is 0 Å². The van der Waals surface area contributed by atoms with Crippen LogP contribution in [0.5, 0.6) is 11.5 Å². The van der Waals surface area contributed by atoms with Gasteiger partial charge >= 0.3 is 0 Å². The Labute approximate surface area is 177 Å². The summed E-state index contributed by atoms with van der Waals surface area (Å²) < 4.78 is 10.9. The van der Waals surface area contributed by atoms with Gasteiger partial charge in [-0.3, -0.25) is 14.5 Å². The summed E-state index contributed by atoms with van der Waals surface area (Å²) in [4.78, 5) is 26.9. The summed E-state index contributed by atoms with van der Waals surface area (Å²) in [5.74, 6) is 1.04. The molecule has 2 N–H and O–H groups in total. The lowest BCUT2D eigenvalue weighted by molar-refractivity contribution is -0.117. The maximum absolute atomic E-state index is 12.6. The average Bonchev–Trinajstić information content (AvgIpc) is 3.53. The maximum Gasteiger partial charge on any atom is 0.253 e. The van der Waals surface area contributed by atoms with Crippen molar-refractivity contribution in [2.75, 3.05) is 32.6 Å². The van der Waals surface area contributed by atoms with Crippen LogP contribution in [-0.4, -0.2) is 50.1 Å². The smallest absolute Gasteiger partial charge is 0.253 e. The fourth-order valence-corrected chi connectivity index (χ4v) is 3.17. The molecule has 160 valence electrons. The lowest BCUT2D eigenvalue weighted by Crippen LogP contribution is -2.31. The minimum absolute atomic E-state index is 0.150. The van der Waals surface area contributed by atoms with E-state index < -0.39 is 0 Å². The van der Waals surface area contributed by atoms with Crippen LogP contribution in [0.4, 0.5) is 5.69 Å². The maximum atomic E-state index is 12.6. The summed E-state index contributed by atoms with van der Waals surface area (Å²) in [6.07, 6.45) is 2.03. The number of rotatable bonds is 10. The first kappa shape index (κ1) is 21.6. The number of nitrogens with one attached hydrogen (secondary N) is 2. The van der Waals surface area contributed by atoms with Gasteiger partial charge in [-0.1, -0.05) is 18.2 Å². The van der Waals surface area contributed by atoms with E-state index in [4.69, 9.17) is 9.47 Å². The summed E-state index contributed by atoms with van der Waals surface area (Å²) in [7, 11) is 3.48. The minimum atomic E-state index is -0.179. The van der Waals surface area contributed by atoms with E-state index >= 15 is 0 Å². The number of hydrogen-bond donors (Lipinski definition) is 2. The molecule has 30 heavy (non-hydrogen) atoms. The van der Waals surface area contributed by atoms with Crippen molar-refractivity contribution in [3.63, 3.8) is 0 Å². The first-order valence-electron chi connectivity index (χ1n) is 10.2. The Hall–Kier alpha value is -3.06. The lowest BCUT2D eigenvalue weighted by atomic mass is 10.1. The summed E-state index contributed by atoms with van der Waals surface area (Å²) >= 11 is 0. The van der Waals surface area contributed by atoms with Gasteiger partial charge in [0, 0.05) is 12.6 Å². The van der Waals surface area contributed by atoms with Crippen molar-refractivity contribution < 1.29 is 19.1 Å². The number of methoxy groups -OCH3 is 1. The molecular weight excluding hydrogens is 382 g/mol. The predicted octanol–water partition coefficient (Wildman–Crippen LogP) is 3.06. The first-order valence-corrected chi connectivity index (χ1v) is 10.2. The highest BCUT2D eigenvalue weighted by molar-refractivity contribution is 6.04. The van der Waals surface area contributed by atoms with Gasteiger partial charge in [0.25, 0.3) is 5.91 Å². The number of benzene rings is 2. The number of anilines is 1. The molecule has 2 aromatic carbocycles. The van der Waals surface area contributed by atoms with Crippen molar-refractivity contribution in [3.8, 4) is 11.5 Å². The van der Waals surface area contributed by atoms with Gasteiger partial charge in [-0.05, 0) is 56.6 Å². The molecule has 1 aliphatic carbocycles. The molecular formula is C23H29N3O4. The van der Waals surface area contributed by atoms with Crippen LogP contribution in [0.2, 0.25) is 0 Å². The Kier molecular flexibility index (Phi) is 7.30. The molecule has 1 saturated carbocycles. The molecule has 0 atom stereocenters. The molecule has 2 amide bonds. The van der Waals surface area contributed by atoms with Gasteiger partial charge in [0.1, 0.15) is 0 Å². The van der Waals surface area contributed by atoms with Gasteiger partial charge in [0.05, 0.1) is 31.5 Å². The van der Waals surface area contributed by atoms with Crippen molar-refractivity contribution in [2.45, 2.75) is 32.4 Å². The first-order chi connectivity index (χ1) is 14.5. The molecule has 7 nitrogen and oxygen atoms in total. The number of para-hydroxylation sites is 1. The molecule has 3 rings (SSSR count). The lowest BCUT2D eigenvalue weighted by Gasteiger charge is -2.18. The van der Waals surface area contributed by atoms with E-state index in [1.165, 1.54) is 0 Å². The highest BCUT2D eigenvalue weighted by Crippen LogP contribution is 2.28. The van der Waals surface area contributed by atoms with Gasteiger partial charge in [-0.2, -0.15) is 0 Å². The summed E-state index contributed by atoms with van der Waals surface area (Å²) in [5, 5.41) is 5.82. The Morgan fingerprint density at radius 2 is 1.90 bits per heavy atom. The van der Waals surface area contributed by atoms with Crippen molar-refractivity contribution in [1.29, 1.82) is 0 Å². The topological polar surface area (TPSA) is 79.9 Å². The monoisotopic (exact) mass is 411 g/mol. The summed E-state index contributed by atoms with van der Waals surface area (Å²) in [6.45, 7) is 3.25. The third-order valence-corrected chi connectivity index (χ3v) is 4.75. The Balaban J connectivity index is 1.58. The number of amides is 2. The van der Waals surface area contributed by atoms with E-state index in [1.807, 2.05) is 37.1 Å². The Bertz CT molecular complexity index is 896. The fourth-order valence-electron chi connectivity index (χ4n) is 3.17. The van der Waals surface area contributed by atoms with Crippen LogP contribution < -0.4 is 20.1 Å². The van der Waals surface area contributed by atoms with E-state index in [1.54, 1.807) is 31.4 Å². The number of carbonyl (C=O) groups is 2. The highest BCUT2D eigenvalue weighted by atomic mass is 16.5. The molecule has 7 heteroatoms. The van der Waals surface area contributed by atoms with E-state index in [9.17, 15) is 9.59 Å². The Morgan fingerprint density at radius 3 is 2.60 bits per heavy atom. The van der Waals surface area contributed by atoms with E-state index in [-0.39, 0.29) is 24.4 Å². The third-order valence-electron chi connectivity index (χ3n) is 4.75. The second-order valence-electron chi connectivity index (χ2n) is 7.43. The molecule has 0 saturated heterocycles. The molecule has 2 aromatic rings. The van der Waals surface area contributed by atoms with Crippen LogP contribution in [0.25, 0.3) is 0 Å². The third kappa shape index (κ3) is 5.97. The zero-order valence-electron chi connectivity index (χ0n) is 17.7. The van der Waals surface area contributed by atoms with Crippen LogP contribution >= 0.6 is 0 Å². The normalized spacial score (nSPS) is 13.1. The molecule has 0 heterocycles. The molecule has 0 unspecified atom stereocenters. The molecule has 0 bridgehead atoms. The average molecular weight is 412 g/mol. The summed E-state index contributed by atoms with van der Waals surface area (Å²) in [6, 6.07) is 13.1. The molecule has 1 fully saturated rings. The van der Waals surface area contributed by atoms with E-state index in [0.29, 0.717) is 35.9 Å². The van der Waals surface area contributed by atoms with Crippen molar-refractivity contribution in [1.82, 2.24) is 10.2 Å². The van der Waals surface area contributed by atoms with Crippen LogP contribution in [0.1, 0.15) is 35.7 Å². The SMILES string of the molecule is CCOc1ccc(CN(C)CC(=O)Nc2ccccc2C(=O)NC2CC2)cc1OC. The minimum Gasteiger partial charge on any atom is -0.493 e. The summed E-state index contributed by atoms with van der Waals surface area (Å²) in [5.41, 5.74) is 2.02. The number of nitrogens with zero attached hydrogens (tertiary/aromatic N) is 1. The Morgan fingerprint density at radius 1 is 1.13 bits per heavy atom. The fraction of sp³-hybridized carbons (Fsp3) is 0.391. The standard InChI is InChI=1S/C23H29N3O4/c1-4-30-20-12-9-16(13-21(20)29-3)14-26(2)15-22(27)25-19-8-6-5-7-18(19)23(28)24-17-10-11-17/h5-9,12-13,17H,4,10-11,14-15H2,1-3H3,(H,24,28)(H,25,27). The van der Waals surface area contributed by atoms with Crippen LogP contribution in [0.3, 0.4) is 0 Å². The van der Waals surface area contributed by atoms with Gasteiger partial charge in [0.15, 0.2) is 11.5 Å². The van der Waals surface area contributed by atoms with Crippen LogP contribution in [0.15, 0.2) is 42.5 Å². The van der Waals surface area contributed by atoms with E-state index in [0.717, 1.165) is 18.4 Å². The molecule has 0 spiro atoms. The molecule has 0 radical (unpaired) electrons. The van der Waals surface area contributed by atoms with Gasteiger partial charge in [-0.15, -0.1) is 0 Å². The van der Waals surface area contributed by atoms with Gasteiger partial charge in [0.2, 0.25) is 5.91 Å². The quantitative estimate of drug-likeness (QED) is 0.628. The van der Waals surface area contributed by atoms with E-state index in [2.05, 4.69) is 10.6 Å². The van der Waals surface area contributed by atoms with Gasteiger partial charge < -0.3 is 20.1 Å². The van der Waals surface area contributed by atoms with Crippen molar-refractivity contribution in [3.05, 3.63) is 53.6 Å². The zero-order chi connectivity index (χ0) is 21.5. The van der Waals surface area contributed by atoms with Crippen LogP contribution in [0, 0.1) is 0 Å². The predicted molar refractivity (Wildman–Crippen MR) is 116 cm³/mol. The molecule has 1 aliphatic rings. The zero-order valence-corrected chi connectivity index (χ0v) is 17.7. The number of carbonyl (C=O) groups excluding carboxylic acids is 2. The number of likely N-dealkylation sites (N-methyl/N-ethyl adjacent to an activating group) is 1. The highest BCUT2D eigenvalue weighted by Gasteiger charge is 2.25. The number of ether oxygens (including phenoxy) is 2. The van der Waals surface area contributed by atoms with Crippen molar-refractivity contribution >= 4 is 17.5 Å². The van der Waals surface area contributed by atoms with Crippen molar-refractivity contribution in [2.24, 2.45) is 0 Å². The molecule has 0 aromatic heterocycles.